The molecule has 1 aliphatic carbocycles. The van der Waals surface area contributed by atoms with E-state index in [1.165, 1.54) is 37.7 Å². The largest absolute Gasteiger partial charge is 0.240 e. The smallest absolute Gasteiger partial charge is 0.211 e. The van der Waals surface area contributed by atoms with Crippen LogP contribution >= 0.6 is 0 Å². The summed E-state index contributed by atoms with van der Waals surface area (Å²) in [5.41, 5.74) is 1.27. The van der Waals surface area contributed by atoms with Crippen LogP contribution in [0.3, 0.4) is 0 Å². The Balaban J connectivity index is 2.05. The molecule has 110 valence electrons. The summed E-state index contributed by atoms with van der Waals surface area (Å²) >= 11 is 0. The van der Waals surface area contributed by atoms with Gasteiger partial charge >= 0.3 is 0 Å². The maximum absolute atomic E-state index is 12.0. The van der Waals surface area contributed by atoms with Crippen LogP contribution in [-0.4, -0.2) is 15.0 Å². The van der Waals surface area contributed by atoms with Gasteiger partial charge in [0.2, 0.25) is 10.0 Å². The minimum atomic E-state index is -3.38. The Bertz CT molecular complexity index is 528. The topological polar surface area (TPSA) is 46.2 Å². The van der Waals surface area contributed by atoms with Crippen molar-refractivity contribution in [1.82, 2.24) is 4.72 Å². The fourth-order valence-electron chi connectivity index (χ4n) is 2.73. The Kier molecular flexibility index (Phi) is 5.38. The van der Waals surface area contributed by atoms with E-state index in [-0.39, 0.29) is 0 Å². The molecular weight excluding hydrogens is 270 g/mol. The van der Waals surface area contributed by atoms with Crippen molar-refractivity contribution in [3.05, 3.63) is 42.5 Å². The molecule has 1 aliphatic rings. The Morgan fingerprint density at radius 2 is 1.80 bits per heavy atom. The van der Waals surface area contributed by atoms with Crippen molar-refractivity contribution in [3.63, 3.8) is 0 Å². The highest BCUT2D eigenvalue weighted by Crippen LogP contribution is 2.32. The molecule has 2 rings (SSSR count). The predicted molar refractivity (Wildman–Crippen MR) is 82.3 cm³/mol. The molecule has 0 aromatic heterocycles. The van der Waals surface area contributed by atoms with Crippen LogP contribution in [0.4, 0.5) is 0 Å². The number of rotatable bonds is 6. The van der Waals surface area contributed by atoms with Crippen molar-refractivity contribution in [3.8, 4) is 0 Å². The normalized spacial score (nSPS) is 17.0. The van der Waals surface area contributed by atoms with Gasteiger partial charge in [-0.05, 0) is 42.9 Å². The lowest BCUT2D eigenvalue weighted by molar-refractivity contribution is 0.443. The van der Waals surface area contributed by atoms with E-state index in [4.69, 9.17) is 0 Å². The van der Waals surface area contributed by atoms with Gasteiger partial charge < -0.3 is 0 Å². The number of hydrogen-bond donors (Lipinski definition) is 1. The Hall–Kier alpha value is -1.13. The number of benzene rings is 1. The summed E-state index contributed by atoms with van der Waals surface area (Å²) in [5, 5.41) is 0. The van der Waals surface area contributed by atoms with E-state index in [1.54, 1.807) is 18.2 Å². The zero-order chi connectivity index (χ0) is 14.4. The minimum absolute atomic E-state index is 0.348. The van der Waals surface area contributed by atoms with Crippen molar-refractivity contribution in [2.45, 2.75) is 49.3 Å². The number of sulfonamides is 1. The molecule has 0 unspecified atom stereocenters. The molecule has 3 nitrogen and oxygen atoms in total. The number of nitrogens with one attached hydrogen (secondary N) is 1. The zero-order valence-corrected chi connectivity index (χ0v) is 12.7. The highest BCUT2D eigenvalue weighted by atomic mass is 32.2. The quantitative estimate of drug-likeness (QED) is 0.643. The lowest BCUT2D eigenvalue weighted by Crippen LogP contribution is -2.24. The molecule has 0 aliphatic heterocycles. The Morgan fingerprint density at radius 3 is 2.40 bits per heavy atom. The monoisotopic (exact) mass is 293 g/mol. The second-order valence-electron chi connectivity index (χ2n) is 5.38. The van der Waals surface area contributed by atoms with Crippen LogP contribution in [0.2, 0.25) is 0 Å². The summed E-state index contributed by atoms with van der Waals surface area (Å²) in [6, 6.07) is 7.39. The first-order valence-corrected chi connectivity index (χ1v) is 8.82. The van der Waals surface area contributed by atoms with Gasteiger partial charge in [0.25, 0.3) is 0 Å². The van der Waals surface area contributed by atoms with Crippen LogP contribution in [0.5, 0.6) is 0 Å². The lowest BCUT2D eigenvalue weighted by Gasteiger charge is -2.22. The van der Waals surface area contributed by atoms with Crippen molar-refractivity contribution in [2.24, 2.45) is 0 Å². The molecule has 1 aromatic rings. The molecule has 0 spiro atoms. The predicted octanol–water partition coefficient (Wildman–Crippen LogP) is 3.59. The lowest BCUT2D eigenvalue weighted by atomic mass is 9.84. The van der Waals surface area contributed by atoms with Gasteiger partial charge in [0, 0.05) is 6.54 Å². The van der Waals surface area contributed by atoms with Gasteiger partial charge in [0.15, 0.2) is 0 Å². The SMILES string of the molecule is C=CCCNS(=O)(=O)c1ccc(C2CCCCC2)cc1. The average Bonchev–Trinajstić information content (AvgIpc) is 2.48. The summed E-state index contributed by atoms with van der Waals surface area (Å²) in [7, 11) is -3.38. The molecule has 0 heterocycles. The maximum Gasteiger partial charge on any atom is 0.240 e. The second-order valence-corrected chi connectivity index (χ2v) is 7.15. The molecule has 0 amide bonds. The first-order chi connectivity index (χ1) is 9.63. The summed E-state index contributed by atoms with van der Waals surface area (Å²) in [5.74, 6) is 0.606. The second kappa shape index (κ2) is 7.04. The van der Waals surface area contributed by atoms with E-state index in [1.807, 2.05) is 12.1 Å². The molecule has 1 N–H and O–H groups in total. The van der Waals surface area contributed by atoms with Gasteiger partial charge in [-0.25, -0.2) is 13.1 Å². The van der Waals surface area contributed by atoms with E-state index < -0.39 is 10.0 Å². The molecule has 0 saturated heterocycles. The maximum atomic E-state index is 12.0. The standard InChI is InChI=1S/C16H23NO2S/c1-2-3-13-17-20(18,19)16-11-9-15(10-12-16)14-7-5-4-6-8-14/h2,9-12,14,17H,1,3-8,13H2. The summed E-state index contributed by atoms with van der Waals surface area (Å²) in [4.78, 5) is 0.348. The van der Waals surface area contributed by atoms with Gasteiger partial charge in [-0.3, -0.25) is 0 Å². The van der Waals surface area contributed by atoms with E-state index in [2.05, 4.69) is 11.3 Å². The number of hydrogen-bond acceptors (Lipinski definition) is 2. The third-order valence-corrected chi connectivity index (χ3v) is 5.38. The van der Waals surface area contributed by atoms with E-state index in [9.17, 15) is 8.42 Å². The van der Waals surface area contributed by atoms with Crippen LogP contribution in [0.1, 0.15) is 50.0 Å². The molecule has 0 atom stereocenters. The molecule has 0 bridgehead atoms. The Labute approximate surface area is 122 Å². The van der Waals surface area contributed by atoms with E-state index in [0.717, 1.165) is 0 Å². The molecule has 1 aromatic carbocycles. The third kappa shape index (κ3) is 3.93. The first-order valence-electron chi connectivity index (χ1n) is 7.34. The summed E-state index contributed by atoms with van der Waals surface area (Å²) in [6.45, 7) is 3.98. The van der Waals surface area contributed by atoms with Crippen LogP contribution in [0.25, 0.3) is 0 Å². The zero-order valence-electron chi connectivity index (χ0n) is 11.8. The summed E-state index contributed by atoms with van der Waals surface area (Å²) < 4.78 is 26.7. The van der Waals surface area contributed by atoms with E-state index in [0.29, 0.717) is 23.8 Å². The summed E-state index contributed by atoms with van der Waals surface area (Å²) in [6.07, 6.45) is 8.69. The van der Waals surface area contributed by atoms with Crippen LogP contribution < -0.4 is 4.72 Å². The molecule has 1 fully saturated rings. The average molecular weight is 293 g/mol. The molecule has 0 radical (unpaired) electrons. The molecular formula is C16H23NO2S. The van der Waals surface area contributed by atoms with Crippen molar-refractivity contribution < 1.29 is 8.42 Å². The molecule has 4 heteroatoms. The first kappa shape index (κ1) is 15.3. The minimum Gasteiger partial charge on any atom is -0.211 e. The highest BCUT2D eigenvalue weighted by Gasteiger charge is 2.17. The van der Waals surface area contributed by atoms with E-state index >= 15 is 0 Å². The highest BCUT2D eigenvalue weighted by molar-refractivity contribution is 7.89. The molecule has 20 heavy (non-hydrogen) atoms. The fraction of sp³-hybridized carbons (Fsp3) is 0.500. The van der Waals surface area contributed by atoms with Gasteiger partial charge in [-0.2, -0.15) is 0 Å². The van der Waals surface area contributed by atoms with Gasteiger partial charge in [0.05, 0.1) is 4.90 Å². The van der Waals surface area contributed by atoms with Crippen molar-refractivity contribution >= 4 is 10.0 Å². The van der Waals surface area contributed by atoms with Gasteiger partial charge in [0.1, 0.15) is 0 Å². The van der Waals surface area contributed by atoms with Crippen LogP contribution in [-0.2, 0) is 10.0 Å². The Morgan fingerprint density at radius 1 is 1.15 bits per heavy atom. The van der Waals surface area contributed by atoms with Crippen LogP contribution in [0, 0.1) is 0 Å². The third-order valence-electron chi connectivity index (χ3n) is 3.91. The van der Waals surface area contributed by atoms with Crippen LogP contribution in [0.15, 0.2) is 41.8 Å². The van der Waals surface area contributed by atoms with Gasteiger partial charge in [-0.1, -0.05) is 37.5 Å². The fourth-order valence-corrected chi connectivity index (χ4v) is 3.78. The van der Waals surface area contributed by atoms with Gasteiger partial charge in [-0.15, -0.1) is 6.58 Å². The van der Waals surface area contributed by atoms with Crippen molar-refractivity contribution in [2.75, 3.05) is 6.54 Å². The molecule has 1 saturated carbocycles. The van der Waals surface area contributed by atoms with Crippen molar-refractivity contribution in [1.29, 1.82) is 0 Å².